The second kappa shape index (κ2) is 8.98. The molecule has 1 N–H and O–H groups in total. The van der Waals surface area contributed by atoms with Crippen LogP contribution in [0.3, 0.4) is 0 Å². The van der Waals surface area contributed by atoms with Crippen molar-refractivity contribution in [2.24, 2.45) is 0 Å². The van der Waals surface area contributed by atoms with Crippen LogP contribution in [0.4, 0.5) is 0 Å². The third-order valence-electron chi connectivity index (χ3n) is 4.11. The van der Waals surface area contributed by atoms with Gasteiger partial charge in [0.05, 0.1) is 25.5 Å². The molecule has 1 heterocycles. The van der Waals surface area contributed by atoms with Crippen molar-refractivity contribution in [1.82, 2.24) is 14.8 Å². The maximum atomic E-state index is 8.79. The smallest absolute Gasteiger partial charge is 0.196 e. The molecule has 0 unspecified atom stereocenters. The van der Waals surface area contributed by atoms with Crippen LogP contribution in [0.2, 0.25) is 0 Å². The molecule has 0 bridgehead atoms. The first-order valence-electron chi connectivity index (χ1n) is 8.60. The molecule has 0 aliphatic heterocycles. The first-order chi connectivity index (χ1) is 12.7. The van der Waals surface area contributed by atoms with Crippen LogP contribution in [0.1, 0.15) is 11.1 Å². The summed E-state index contributed by atoms with van der Waals surface area (Å²) in [5.41, 5.74) is 4.57. The fourth-order valence-electron chi connectivity index (χ4n) is 2.59. The van der Waals surface area contributed by atoms with Crippen molar-refractivity contribution in [3.63, 3.8) is 0 Å². The van der Waals surface area contributed by atoms with Crippen molar-refractivity contribution in [1.29, 1.82) is 0 Å². The Morgan fingerprint density at radius 1 is 1.00 bits per heavy atom. The maximum Gasteiger partial charge on any atom is 0.196 e. The molecule has 0 atom stereocenters. The number of hydrogen-bond donors (Lipinski definition) is 1. The average Bonchev–Trinajstić information content (AvgIpc) is 3.08. The van der Waals surface area contributed by atoms with Crippen LogP contribution in [-0.2, 0) is 4.74 Å². The summed E-state index contributed by atoms with van der Waals surface area (Å²) in [4.78, 5) is 0. The highest BCUT2D eigenvalue weighted by Crippen LogP contribution is 2.28. The lowest BCUT2D eigenvalue weighted by molar-refractivity contribution is 0.103. The number of ether oxygens (including phenoxy) is 1. The Hall–Kier alpha value is -2.15. The number of aliphatic hydroxyl groups is 1. The van der Waals surface area contributed by atoms with E-state index in [-0.39, 0.29) is 6.61 Å². The van der Waals surface area contributed by atoms with Crippen molar-refractivity contribution in [2.75, 3.05) is 25.6 Å². The highest BCUT2D eigenvalue weighted by atomic mass is 32.2. The zero-order valence-electron chi connectivity index (χ0n) is 15.1. The normalized spacial score (nSPS) is 11.0. The Labute approximate surface area is 158 Å². The van der Waals surface area contributed by atoms with Gasteiger partial charge in [-0.05, 0) is 37.1 Å². The molecule has 5 nitrogen and oxygen atoms in total. The van der Waals surface area contributed by atoms with Gasteiger partial charge in [-0.25, -0.2) is 0 Å². The van der Waals surface area contributed by atoms with Gasteiger partial charge in [0, 0.05) is 11.3 Å². The largest absolute Gasteiger partial charge is 0.394 e. The van der Waals surface area contributed by atoms with E-state index >= 15 is 0 Å². The van der Waals surface area contributed by atoms with Gasteiger partial charge in [-0.2, -0.15) is 0 Å². The van der Waals surface area contributed by atoms with Crippen LogP contribution < -0.4 is 0 Å². The molecule has 0 saturated heterocycles. The van der Waals surface area contributed by atoms with Crippen LogP contribution in [0, 0.1) is 13.8 Å². The van der Waals surface area contributed by atoms with Crippen LogP contribution in [-0.4, -0.2) is 45.4 Å². The average molecular weight is 369 g/mol. The van der Waals surface area contributed by atoms with Gasteiger partial charge in [0.15, 0.2) is 11.0 Å². The zero-order valence-corrected chi connectivity index (χ0v) is 15.9. The minimum atomic E-state index is 0.0433. The van der Waals surface area contributed by atoms with E-state index in [1.54, 1.807) is 11.8 Å². The number of aromatic nitrogens is 3. The van der Waals surface area contributed by atoms with E-state index in [4.69, 9.17) is 9.84 Å². The van der Waals surface area contributed by atoms with Crippen LogP contribution in [0.25, 0.3) is 17.1 Å². The van der Waals surface area contributed by atoms with Crippen LogP contribution in [0.5, 0.6) is 0 Å². The number of aryl methyl sites for hydroxylation is 2. The lowest BCUT2D eigenvalue weighted by Crippen LogP contribution is -2.04. The molecule has 136 valence electrons. The van der Waals surface area contributed by atoms with Gasteiger partial charge in [-0.1, -0.05) is 48.2 Å². The lowest BCUT2D eigenvalue weighted by Gasteiger charge is -2.12. The third-order valence-corrected chi connectivity index (χ3v) is 5.00. The van der Waals surface area contributed by atoms with E-state index in [1.165, 1.54) is 11.1 Å². The van der Waals surface area contributed by atoms with Gasteiger partial charge in [-0.15, -0.1) is 10.2 Å². The number of thioether (sulfide) groups is 1. The Bertz CT molecular complexity index is 850. The summed E-state index contributed by atoms with van der Waals surface area (Å²) in [5, 5.41) is 18.5. The fraction of sp³-hybridized carbons (Fsp3) is 0.300. The summed E-state index contributed by atoms with van der Waals surface area (Å²) in [6.07, 6.45) is 0. The summed E-state index contributed by atoms with van der Waals surface area (Å²) >= 11 is 1.60. The number of benzene rings is 2. The lowest BCUT2D eigenvalue weighted by atomic mass is 10.1. The molecule has 3 aromatic rings. The topological polar surface area (TPSA) is 60.2 Å². The second-order valence-electron chi connectivity index (χ2n) is 5.96. The molecule has 0 spiro atoms. The first kappa shape index (κ1) is 18.6. The molecule has 0 saturated carbocycles. The number of rotatable bonds is 8. The second-order valence-corrected chi connectivity index (χ2v) is 7.02. The molecule has 0 aliphatic rings. The van der Waals surface area contributed by atoms with Gasteiger partial charge in [0.1, 0.15) is 0 Å². The summed E-state index contributed by atoms with van der Waals surface area (Å²) in [6.45, 7) is 5.19. The summed E-state index contributed by atoms with van der Waals surface area (Å²) in [7, 11) is 0. The molecule has 0 fully saturated rings. The molecule has 6 heteroatoms. The Morgan fingerprint density at radius 2 is 1.81 bits per heavy atom. The van der Waals surface area contributed by atoms with Crippen molar-refractivity contribution in [2.45, 2.75) is 19.0 Å². The minimum absolute atomic E-state index is 0.0433. The molecule has 26 heavy (non-hydrogen) atoms. The van der Waals surface area contributed by atoms with Crippen LogP contribution >= 0.6 is 11.8 Å². The SMILES string of the molecule is Cc1ccc(-n2c(SCCOCCO)nnc2-c2ccccc2)cc1C. The molecule has 1 aromatic heterocycles. The summed E-state index contributed by atoms with van der Waals surface area (Å²) < 4.78 is 7.44. The van der Waals surface area contributed by atoms with Gasteiger partial charge in [-0.3, -0.25) is 4.57 Å². The van der Waals surface area contributed by atoms with Gasteiger partial charge in [0.25, 0.3) is 0 Å². The highest BCUT2D eigenvalue weighted by Gasteiger charge is 2.16. The van der Waals surface area contributed by atoms with E-state index in [2.05, 4.69) is 46.8 Å². The van der Waals surface area contributed by atoms with E-state index in [0.29, 0.717) is 13.2 Å². The molecular formula is C20H23N3O2S. The maximum absolute atomic E-state index is 8.79. The van der Waals surface area contributed by atoms with Gasteiger partial charge in [0.2, 0.25) is 0 Å². The molecule has 0 radical (unpaired) electrons. The van der Waals surface area contributed by atoms with Gasteiger partial charge < -0.3 is 9.84 Å². The molecule has 0 amide bonds. The third kappa shape index (κ3) is 4.33. The minimum Gasteiger partial charge on any atom is -0.394 e. The Morgan fingerprint density at radius 3 is 2.54 bits per heavy atom. The van der Waals surface area contributed by atoms with E-state index in [9.17, 15) is 0 Å². The van der Waals surface area contributed by atoms with E-state index < -0.39 is 0 Å². The number of aliphatic hydroxyl groups excluding tert-OH is 1. The summed E-state index contributed by atoms with van der Waals surface area (Å²) in [5.74, 6) is 1.57. The molecule has 3 rings (SSSR count). The van der Waals surface area contributed by atoms with Crippen molar-refractivity contribution in [3.8, 4) is 17.1 Å². The monoisotopic (exact) mass is 369 g/mol. The first-order valence-corrected chi connectivity index (χ1v) is 9.59. The van der Waals surface area contributed by atoms with Crippen molar-refractivity contribution in [3.05, 3.63) is 59.7 Å². The van der Waals surface area contributed by atoms with Crippen LogP contribution in [0.15, 0.2) is 53.7 Å². The van der Waals surface area contributed by atoms with Gasteiger partial charge >= 0.3 is 0 Å². The fourth-order valence-corrected chi connectivity index (χ4v) is 3.40. The molecule has 0 aliphatic carbocycles. The molecule has 2 aromatic carbocycles. The quantitative estimate of drug-likeness (QED) is 0.485. The van der Waals surface area contributed by atoms with Crippen molar-refractivity contribution < 1.29 is 9.84 Å². The number of nitrogens with zero attached hydrogens (tertiary/aromatic N) is 3. The standard InChI is InChI=1S/C20H23N3O2S/c1-15-8-9-18(14-16(15)2)23-19(17-6-4-3-5-7-17)21-22-20(23)26-13-12-25-11-10-24/h3-9,14,24H,10-13H2,1-2H3. The zero-order chi connectivity index (χ0) is 18.4. The predicted molar refractivity (Wildman–Crippen MR) is 105 cm³/mol. The molecular weight excluding hydrogens is 346 g/mol. The van der Waals surface area contributed by atoms with E-state index in [0.717, 1.165) is 28.0 Å². The van der Waals surface area contributed by atoms with Crippen molar-refractivity contribution >= 4 is 11.8 Å². The summed E-state index contributed by atoms with van der Waals surface area (Å²) in [6, 6.07) is 16.5. The number of hydrogen-bond acceptors (Lipinski definition) is 5. The Balaban J connectivity index is 1.94. The van der Waals surface area contributed by atoms with E-state index in [1.807, 2.05) is 30.3 Å². The highest BCUT2D eigenvalue weighted by molar-refractivity contribution is 7.99. The Kier molecular flexibility index (Phi) is 6.44. The predicted octanol–water partition coefficient (Wildman–Crippen LogP) is 3.65.